The van der Waals surface area contributed by atoms with Crippen molar-refractivity contribution in [1.82, 2.24) is 20.4 Å². The first-order valence-corrected chi connectivity index (χ1v) is 6.03. The molecule has 1 aliphatic heterocycles. The molecule has 0 spiro atoms. The molecule has 0 unspecified atom stereocenters. The Bertz CT molecular complexity index is 389. The maximum absolute atomic E-state index is 12.1. The number of nitrogens with one attached hydrogen (secondary N) is 1. The van der Waals surface area contributed by atoms with Crippen molar-refractivity contribution in [2.24, 2.45) is 0 Å². The van der Waals surface area contributed by atoms with Crippen molar-refractivity contribution in [2.45, 2.75) is 18.9 Å². The fourth-order valence-corrected chi connectivity index (χ4v) is 2.07. The second-order valence-electron chi connectivity index (χ2n) is 4.14. The number of carbonyl (C=O) groups is 1. The fraction of sp³-hybridized carbons (Fsp3) is 0.545. The highest BCUT2D eigenvalue weighted by Gasteiger charge is 2.23. The highest BCUT2D eigenvalue weighted by molar-refractivity contribution is 6.29. The summed E-state index contributed by atoms with van der Waals surface area (Å²) in [6, 6.07) is 3.47. The maximum Gasteiger partial charge on any atom is 0.274 e. The maximum atomic E-state index is 12.1. The van der Waals surface area contributed by atoms with Crippen molar-refractivity contribution in [3.63, 3.8) is 0 Å². The molecule has 1 amide bonds. The van der Waals surface area contributed by atoms with Crippen LogP contribution in [0.1, 0.15) is 23.3 Å². The van der Waals surface area contributed by atoms with E-state index in [0.717, 1.165) is 25.9 Å². The predicted molar refractivity (Wildman–Crippen MR) is 65.0 cm³/mol. The Hall–Kier alpha value is -1.20. The van der Waals surface area contributed by atoms with Gasteiger partial charge in [0.25, 0.3) is 5.91 Å². The summed E-state index contributed by atoms with van der Waals surface area (Å²) >= 11 is 5.64. The van der Waals surface area contributed by atoms with E-state index in [0.29, 0.717) is 10.8 Å². The molecule has 0 aromatic carbocycles. The zero-order valence-corrected chi connectivity index (χ0v) is 10.4. The van der Waals surface area contributed by atoms with Gasteiger partial charge in [0.05, 0.1) is 0 Å². The van der Waals surface area contributed by atoms with E-state index in [9.17, 15) is 4.79 Å². The Morgan fingerprint density at radius 2 is 2.12 bits per heavy atom. The van der Waals surface area contributed by atoms with E-state index in [4.69, 9.17) is 11.6 Å². The normalized spacial score (nSPS) is 16.8. The summed E-state index contributed by atoms with van der Waals surface area (Å²) in [7, 11) is 1.81. The van der Waals surface area contributed by atoms with Crippen LogP contribution < -0.4 is 5.32 Å². The topological polar surface area (TPSA) is 58.1 Å². The lowest BCUT2D eigenvalue weighted by molar-refractivity contribution is 0.0696. The molecule has 1 N–H and O–H groups in total. The van der Waals surface area contributed by atoms with Crippen LogP contribution in [0.5, 0.6) is 0 Å². The molecular formula is C11H15ClN4O. The van der Waals surface area contributed by atoms with Crippen molar-refractivity contribution in [3.05, 3.63) is 23.0 Å². The Balaban J connectivity index is 2.05. The van der Waals surface area contributed by atoms with Gasteiger partial charge in [-0.05, 0) is 38.1 Å². The van der Waals surface area contributed by atoms with Crippen LogP contribution in [0.3, 0.4) is 0 Å². The minimum atomic E-state index is -0.0962. The third kappa shape index (κ3) is 2.92. The van der Waals surface area contributed by atoms with Crippen molar-refractivity contribution < 1.29 is 4.79 Å². The summed E-state index contributed by atoms with van der Waals surface area (Å²) in [6.45, 7) is 1.91. The van der Waals surface area contributed by atoms with E-state index in [-0.39, 0.29) is 11.9 Å². The molecule has 92 valence electrons. The zero-order chi connectivity index (χ0) is 12.3. The standard InChI is InChI=1S/C11H15ClN4O/c1-16(8-4-6-13-7-5-8)11(17)9-2-3-10(12)15-14-9/h2-3,8,13H,4-7H2,1H3. The van der Waals surface area contributed by atoms with Gasteiger partial charge in [0.2, 0.25) is 0 Å². The van der Waals surface area contributed by atoms with Gasteiger partial charge in [-0.3, -0.25) is 4.79 Å². The number of piperidine rings is 1. The average molecular weight is 255 g/mol. The molecule has 0 saturated carbocycles. The predicted octanol–water partition coefficient (Wildman–Crippen LogP) is 0.954. The minimum Gasteiger partial charge on any atom is -0.337 e. The van der Waals surface area contributed by atoms with Crippen molar-refractivity contribution in [2.75, 3.05) is 20.1 Å². The van der Waals surface area contributed by atoms with Crippen LogP contribution in [0.15, 0.2) is 12.1 Å². The van der Waals surface area contributed by atoms with Crippen LogP contribution in [-0.2, 0) is 0 Å². The summed E-state index contributed by atoms with van der Waals surface area (Å²) in [5.74, 6) is -0.0962. The monoisotopic (exact) mass is 254 g/mol. The molecule has 0 atom stereocenters. The van der Waals surface area contributed by atoms with Gasteiger partial charge in [-0.15, -0.1) is 10.2 Å². The molecule has 1 aliphatic rings. The summed E-state index contributed by atoms with van der Waals surface area (Å²) in [5.41, 5.74) is 0.343. The van der Waals surface area contributed by atoms with Gasteiger partial charge in [0.1, 0.15) is 0 Å². The summed E-state index contributed by atoms with van der Waals surface area (Å²) in [5, 5.41) is 11.1. The van der Waals surface area contributed by atoms with Gasteiger partial charge in [-0.25, -0.2) is 0 Å². The van der Waals surface area contributed by atoms with Crippen molar-refractivity contribution >= 4 is 17.5 Å². The van der Waals surface area contributed by atoms with Gasteiger partial charge >= 0.3 is 0 Å². The number of amides is 1. The Kier molecular flexibility index (Phi) is 3.91. The van der Waals surface area contributed by atoms with Gasteiger partial charge in [-0.2, -0.15) is 0 Å². The van der Waals surface area contributed by atoms with E-state index in [1.807, 2.05) is 7.05 Å². The smallest absolute Gasteiger partial charge is 0.274 e. The van der Waals surface area contributed by atoms with Crippen LogP contribution in [0, 0.1) is 0 Å². The van der Waals surface area contributed by atoms with Gasteiger partial charge in [0.15, 0.2) is 10.8 Å². The first kappa shape index (κ1) is 12.3. The average Bonchev–Trinajstić information content (AvgIpc) is 2.39. The van der Waals surface area contributed by atoms with E-state index < -0.39 is 0 Å². The third-order valence-electron chi connectivity index (χ3n) is 3.03. The molecule has 1 aromatic heterocycles. The van der Waals surface area contributed by atoms with Crippen molar-refractivity contribution in [3.8, 4) is 0 Å². The SMILES string of the molecule is CN(C(=O)c1ccc(Cl)nn1)C1CCNCC1. The molecule has 0 aliphatic carbocycles. The molecule has 1 aromatic rings. The third-order valence-corrected chi connectivity index (χ3v) is 3.23. The van der Waals surface area contributed by atoms with Crippen LogP contribution in [0.2, 0.25) is 5.15 Å². The molecule has 2 heterocycles. The summed E-state index contributed by atoms with van der Waals surface area (Å²) in [6.07, 6.45) is 1.95. The minimum absolute atomic E-state index is 0.0962. The first-order chi connectivity index (χ1) is 8.18. The quantitative estimate of drug-likeness (QED) is 0.854. The highest BCUT2D eigenvalue weighted by atomic mass is 35.5. The number of carbonyl (C=O) groups excluding carboxylic acids is 1. The van der Waals surface area contributed by atoms with Gasteiger partial charge in [-0.1, -0.05) is 11.6 Å². The Labute approximate surface area is 105 Å². The summed E-state index contributed by atoms with van der Waals surface area (Å²) in [4.78, 5) is 13.9. The lowest BCUT2D eigenvalue weighted by Gasteiger charge is -2.31. The lowest BCUT2D eigenvalue weighted by Crippen LogP contribution is -2.44. The highest BCUT2D eigenvalue weighted by Crippen LogP contribution is 2.13. The number of hydrogen-bond acceptors (Lipinski definition) is 4. The van der Waals surface area contributed by atoms with E-state index >= 15 is 0 Å². The van der Waals surface area contributed by atoms with Gasteiger partial charge < -0.3 is 10.2 Å². The number of nitrogens with zero attached hydrogens (tertiary/aromatic N) is 3. The number of rotatable bonds is 2. The largest absolute Gasteiger partial charge is 0.337 e. The molecular weight excluding hydrogens is 240 g/mol. The van der Waals surface area contributed by atoms with Crippen LogP contribution in [0.4, 0.5) is 0 Å². The zero-order valence-electron chi connectivity index (χ0n) is 9.69. The van der Waals surface area contributed by atoms with E-state index in [1.165, 1.54) is 0 Å². The molecule has 5 nitrogen and oxygen atoms in total. The second kappa shape index (κ2) is 5.42. The lowest BCUT2D eigenvalue weighted by atomic mass is 10.1. The number of aromatic nitrogens is 2. The first-order valence-electron chi connectivity index (χ1n) is 5.65. The molecule has 0 radical (unpaired) electrons. The number of halogens is 1. The Morgan fingerprint density at radius 3 is 2.71 bits per heavy atom. The molecule has 6 heteroatoms. The second-order valence-corrected chi connectivity index (χ2v) is 4.53. The fourth-order valence-electron chi connectivity index (χ4n) is 1.97. The van der Waals surface area contributed by atoms with Gasteiger partial charge in [0, 0.05) is 13.1 Å². The van der Waals surface area contributed by atoms with Crippen LogP contribution in [0.25, 0.3) is 0 Å². The molecule has 2 rings (SSSR count). The van der Waals surface area contributed by atoms with Crippen molar-refractivity contribution in [1.29, 1.82) is 0 Å². The van der Waals surface area contributed by atoms with Crippen LogP contribution >= 0.6 is 11.6 Å². The van der Waals surface area contributed by atoms with E-state index in [2.05, 4.69) is 15.5 Å². The van der Waals surface area contributed by atoms with E-state index in [1.54, 1.807) is 17.0 Å². The number of hydrogen-bond donors (Lipinski definition) is 1. The molecule has 17 heavy (non-hydrogen) atoms. The van der Waals surface area contributed by atoms with Crippen LogP contribution in [-0.4, -0.2) is 47.2 Å². The molecule has 1 saturated heterocycles. The summed E-state index contributed by atoms with van der Waals surface area (Å²) < 4.78 is 0. The molecule has 1 fully saturated rings. The molecule has 0 bridgehead atoms. The Morgan fingerprint density at radius 1 is 1.41 bits per heavy atom.